The van der Waals surface area contributed by atoms with Crippen LogP contribution in [0.15, 0.2) is 0 Å². The molecule has 0 fully saturated rings. The molecule has 2 heteroatoms. The topological polar surface area (TPSA) is 0 Å². The van der Waals surface area contributed by atoms with Gasteiger partial charge in [-0.25, -0.2) is 0 Å². The van der Waals surface area contributed by atoms with Crippen molar-refractivity contribution in [3.05, 3.63) is 0 Å². The molecule has 0 nitrogen and oxygen atoms in total. The molecule has 2 radical (unpaired) electrons. The van der Waals surface area contributed by atoms with E-state index in [1.807, 2.05) is 6.92 Å². The Hall–Kier alpha value is 1.09. The molecule has 0 rings (SSSR count). The van der Waals surface area contributed by atoms with Crippen LogP contribution in [-0.4, -0.2) is 27.9 Å². The molecule has 0 aromatic heterocycles. The fourth-order valence-electron chi connectivity index (χ4n) is 0. The van der Waals surface area contributed by atoms with Gasteiger partial charge in [-0.05, 0) is 0 Å². The van der Waals surface area contributed by atoms with Crippen LogP contribution in [0.25, 0.3) is 0 Å². The average Bonchev–Trinajstić information content (AvgIpc) is 1.38. The van der Waals surface area contributed by atoms with Crippen molar-refractivity contribution in [1.82, 2.24) is 0 Å². The average molecular weight is 197 g/mol. The summed E-state index contributed by atoms with van der Waals surface area (Å²) in [5.74, 6) is 0. The third kappa shape index (κ3) is 5.09. The van der Waals surface area contributed by atoms with Gasteiger partial charge in [0.15, 0.2) is 0 Å². The summed E-state index contributed by atoms with van der Waals surface area (Å²) in [5.41, 5.74) is 0. The maximum atomic E-state index is 5.49. The van der Waals surface area contributed by atoms with Crippen molar-refractivity contribution in [3.8, 4) is 0 Å². The minimum atomic E-state index is 0.414. The Morgan fingerprint density at radius 3 is 2.20 bits per heavy atom. The van der Waals surface area contributed by atoms with E-state index < -0.39 is 0 Å². The number of hydrogen-bond donors (Lipinski definition) is 0. The van der Waals surface area contributed by atoms with Crippen molar-refractivity contribution in [1.29, 1.82) is 0 Å². The molecule has 0 aliphatic carbocycles. The van der Waals surface area contributed by atoms with Gasteiger partial charge in [-0.2, -0.15) is 0 Å². The standard InChI is InChI=1S/C3H6Cl.Sn.H/c1-3(2)4;;/h3H,1H2,2H3;;. The van der Waals surface area contributed by atoms with Crippen LogP contribution in [0, 0.1) is 0 Å². The second-order valence-corrected chi connectivity index (χ2v) is 3.11. The summed E-state index contributed by atoms with van der Waals surface area (Å²) in [7, 11) is 0. The Kier molecular flexibility index (Phi) is 4.00. The van der Waals surface area contributed by atoms with Gasteiger partial charge in [0.1, 0.15) is 0 Å². The van der Waals surface area contributed by atoms with E-state index in [2.05, 4.69) is 0 Å². The van der Waals surface area contributed by atoms with E-state index in [0.29, 0.717) is 5.38 Å². The van der Waals surface area contributed by atoms with Crippen LogP contribution in [0.5, 0.6) is 0 Å². The molecule has 0 aliphatic rings. The van der Waals surface area contributed by atoms with Crippen molar-refractivity contribution in [2.75, 3.05) is 0 Å². The normalized spacial score (nSPS) is 15.0. The molecule has 0 bridgehead atoms. The zero-order valence-corrected chi connectivity index (χ0v) is 7.29. The summed E-state index contributed by atoms with van der Waals surface area (Å²) >= 11 is 6.79. The van der Waals surface area contributed by atoms with Crippen molar-refractivity contribution in [2.24, 2.45) is 0 Å². The van der Waals surface area contributed by atoms with Crippen molar-refractivity contribution in [3.63, 3.8) is 0 Å². The minimum absolute atomic E-state index is 0.414. The van der Waals surface area contributed by atoms with E-state index >= 15 is 0 Å². The van der Waals surface area contributed by atoms with Gasteiger partial charge in [0.05, 0.1) is 0 Å². The Balaban J connectivity index is 2.54. The van der Waals surface area contributed by atoms with Gasteiger partial charge in [-0.15, -0.1) is 0 Å². The van der Waals surface area contributed by atoms with Crippen LogP contribution in [-0.2, 0) is 0 Å². The van der Waals surface area contributed by atoms with Gasteiger partial charge in [0.2, 0.25) is 0 Å². The number of alkyl halides is 1. The molecule has 0 saturated heterocycles. The third-order valence-electron chi connectivity index (χ3n) is 0.325. The molecule has 0 aliphatic heterocycles. The molecule has 30 valence electrons. The van der Waals surface area contributed by atoms with E-state index in [1.165, 1.54) is 27.0 Å². The molecule has 0 aromatic carbocycles. The third-order valence-corrected chi connectivity index (χ3v) is 3.37. The molecule has 0 N–H and O–H groups in total. The van der Waals surface area contributed by atoms with E-state index in [-0.39, 0.29) is 0 Å². The van der Waals surface area contributed by atoms with Gasteiger partial charge >= 0.3 is 50.9 Å². The maximum absolute atomic E-state index is 5.49. The Morgan fingerprint density at radius 2 is 2.20 bits per heavy atom. The molecule has 0 heterocycles. The first-order valence-corrected chi connectivity index (χ1v) is 4.38. The predicted octanol–water partition coefficient (Wildman–Crippen LogP) is 0.933. The number of hydrogen-bond acceptors (Lipinski definition) is 0. The Morgan fingerprint density at radius 1 is 2.00 bits per heavy atom. The second kappa shape index (κ2) is 3.29. The summed E-state index contributed by atoms with van der Waals surface area (Å²) in [5, 5.41) is 0.414. The first kappa shape index (κ1) is 6.09. The van der Waals surface area contributed by atoms with Gasteiger partial charge in [-0.1, -0.05) is 0 Å². The monoisotopic (exact) mass is 198 g/mol. The summed E-state index contributed by atoms with van der Waals surface area (Å²) in [6.07, 6.45) is 0. The van der Waals surface area contributed by atoms with Gasteiger partial charge < -0.3 is 0 Å². The fourth-order valence-corrected chi connectivity index (χ4v) is 0. The van der Waals surface area contributed by atoms with E-state index in [4.69, 9.17) is 11.6 Å². The van der Waals surface area contributed by atoms with Crippen molar-refractivity contribution < 1.29 is 0 Å². The molecule has 1 unspecified atom stereocenters. The molecule has 0 amide bonds. The predicted molar refractivity (Wildman–Crippen MR) is 27.3 cm³/mol. The summed E-state index contributed by atoms with van der Waals surface area (Å²) < 4.78 is 1.20. The summed E-state index contributed by atoms with van der Waals surface area (Å²) in [6, 6.07) is 0. The first-order chi connectivity index (χ1) is 2.27. The quantitative estimate of drug-likeness (QED) is 0.433. The van der Waals surface area contributed by atoms with Crippen LogP contribution in [0.1, 0.15) is 6.92 Å². The van der Waals surface area contributed by atoms with Gasteiger partial charge in [0.25, 0.3) is 0 Å². The summed E-state index contributed by atoms with van der Waals surface area (Å²) in [4.78, 5) is 0. The van der Waals surface area contributed by atoms with E-state index in [0.717, 1.165) is 0 Å². The van der Waals surface area contributed by atoms with Crippen LogP contribution in [0.4, 0.5) is 0 Å². The van der Waals surface area contributed by atoms with Crippen molar-refractivity contribution in [2.45, 2.75) is 16.7 Å². The van der Waals surface area contributed by atoms with E-state index in [1.54, 1.807) is 0 Å². The van der Waals surface area contributed by atoms with Crippen LogP contribution >= 0.6 is 11.6 Å². The Labute approximate surface area is 51.0 Å². The zero-order chi connectivity index (χ0) is 4.28. The molecule has 0 spiro atoms. The molecule has 5 heavy (non-hydrogen) atoms. The van der Waals surface area contributed by atoms with Crippen LogP contribution in [0.3, 0.4) is 0 Å². The van der Waals surface area contributed by atoms with Crippen LogP contribution < -0.4 is 0 Å². The van der Waals surface area contributed by atoms with E-state index in [9.17, 15) is 0 Å². The molecular weight excluding hydrogens is 190 g/mol. The fraction of sp³-hybridized carbons (Fsp3) is 1.00. The first-order valence-electron chi connectivity index (χ1n) is 1.61. The van der Waals surface area contributed by atoms with Gasteiger partial charge in [0, 0.05) is 0 Å². The molecule has 0 aromatic rings. The van der Waals surface area contributed by atoms with Crippen molar-refractivity contribution >= 4 is 34.1 Å². The van der Waals surface area contributed by atoms with Gasteiger partial charge in [-0.3, -0.25) is 0 Å². The number of rotatable bonds is 1. The molecular formula is C3H7ClSn. The molecule has 1 atom stereocenters. The molecule has 0 saturated carbocycles. The second-order valence-electron chi connectivity index (χ2n) is 1.02. The zero-order valence-electron chi connectivity index (χ0n) is 3.24. The number of halogens is 1. The SMILES string of the molecule is CC(Cl)[CH2][SnH]. The van der Waals surface area contributed by atoms with Crippen LogP contribution in [0.2, 0.25) is 4.44 Å². The summed E-state index contributed by atoms with van der Waals surface area (Å²) in [6.45, 7) is 2.02. The Bertz CT molecular complexity index is 20.9.